The molecule has 0 aromatic heterocycles. The first kappa shape index (κ1) is 41.5. The van der Waals surface area contributed by atoms with E-state index in [2.05, 4.69) is 44.2 Å². The molecule has 44 heavy (non-hydrogen) atoms. The highest BCUT2D eigenvalue weighted by molar-refractivity contribution is 7.47. The maximum Gasteiger partial charge on any atom is 0.472 e. The molecule has 0 saturated carbocycles. The van der Waals surface area contributed by atoms with Gasteiger partial charge in [-0.15, -0.1) is 0 Å². The van der Waals surface area contributed by atoms with Gasteiger partial charge in [0.05, 0.1) is 19.5 Å². The third kappa shape index (κ3) is 31.0. The van der Waals surface area contributed by atoms with Crippen LogP contribution in [-0.2, 0) is 27.9 Å². The largest absolute Gasteiger partial charge is 0.497 e. The molecule has 9 heteroatoms. The molecule has 0 spiro atoms. The van der Waals surface area contributed by atoms with Crippen molar-refractivity contribution < 1.29 is 32.8 Å². The molecule has 0 aliphatic carbocycles. The van der Waals surface area contributed by atoms with Crippen LogP contribution >= 0.6 is 7.82 Å². The van der Waals surface area contributed by atoms with Crippen LogP contribution in [0.1, 0.15) is 97.3 Å². The normalized spacial score (nSPS) is 14.8. The van der Waals surface area contributed by atoms with Crippen LogP contribution in [0.15, 0.2) is 85.3 Å². The van der Waals surface area contributed by atoms with Gasteiger partial charge in [-0.05, 0) is 51.0 Å². The molecule has 3 N–H and O–H groups in total. The summed E-state index contributed by atoms with van der Waals surface area (Å²) in [5.74, 6) is -0.403. The summed E-state index contributed by atoms with van der Waals surface area (Å²) in [7, 11) is -4.31. The molecule has 0 aromatic rings. The maximum absolute atomic E-state index is 12.4. The number of carbonyl (C=O) groups excluding carboxylic acids is 1. The van der Waals surface area contributed by atoms with E-state index < -0.39 is 19.9 Å². The minimum absolute atomic E-state index is 0.0442. The molecular weight excluding hydrogens is 577 g/mol. The third-order valence-electron chi connectivity index (χ3n) is 6.03. The molecule has 0 aliphatic rings. The van der Waals surface area contributed by atoms with Gasteiger partial charge >= 0.3 is 13.8 Å². The van der Waals surface area contributed by atoms with E-state index in [4.69, 9.17) is 24.3 Å². The Hall–Kier alpha value is -2.48. The predicted molar refractivity (Wildman–Crippen MR) is 182 cm³/mol. The summed E-state index contributed by atoms with van der Waals surface area (Å²) >= 11 is 0. The molecule has 2 atom stereocenters. The van der Waals surface area contributed by atoms with Crippen molar-refractivity contribution in [1.29, 1.82) is 0 Å². The quantitative estimate of drug-likeness (QED) is 0.0209. The first-order valence-electron chi connectivity index (χ1n) is 16.2. The van der Waals surface area contributed by atoms with Gasteiger partial charge in [0, 0.05) is 13.0 Å². The highest BCUT2D eigenvalue weighted by atomic mass is 31.2. The van der Waals surface area contributed by atoms with Crippen molar-refractivity contribution in [2.75, 3.05) is 26.4 Å². The van der Waals surface area contributed by atoms with E-state index in [-0.39, 0.29) is 32.8 Å². The van der Waals surface area contributed by atoms with Gasteiger partial charge < -0.3 is 20.1 Å². The smallest absolute Gasteiger partial charge is 0.472 e. The fraction of sp³-hybridized carbons (Fsp3) is 0.571. The second kappa shape index (κ2) is 31.9. The molecule has 1 unspecified atom stereocenters. The van der Waals surface area contributed by atoms with Crippen molar-refractivity contribution in [2.24, 2.45) is 5.73 Å². The number of phosphoric ester groups is 1. The standard InChI is InChI=1S/C35H58NO7P/c1-3-5-7-9-11-13-15-16-17-18-19-20-22-24-26-28-35(37)43-34(33-42-44(38,39)41-31-29-36)32-40-30-27-25-23-21-14-12-10-8-6-4-2/h6,8,10-14,16-17,21,23,25,27,30,34H,3-5,7,9,15,18-20,22,24,26,28-29,31-33,36H2,1-2H3,(H,38,39)/b8-6+,12-10+,13-11+,17-16+,21-14+,25-23+,30-27+/t34-/m1/s1. The third-order valence-corrected chi connectivity index (χ3v) is 7.02. The van der Waals surface area contributed by atoms with E-state index in [0.717, 1.165) is 44.9 Å². The van der Waals surface area contributed by atoms with Crippen molar-refractivity contribution in [2.45, 2.75) is 103 Å². The molecule has 0 aliphatic heterocycles. The molecule has 0 bridgehead atoms. The van der Waals surface area contributed by atoms with Gasteiger partial charge in [-0.2, -0.15) is 0 Å². The van der Waals surface area contributed by atoms with Gasteiger partial charge in [-0.1, -0.05) is 119 Å². The van der Waals surface area contributed by atoms with Crippen LogP contribution in [0.2, 0.25) is 0 Å². The number of ether oxygens (including phenoxy) is 2. The summed E-state index contributed by atoms with van der Waals surface area (Å²) in [5.41, 5.74) is 5.31. The Morgan fingerprint density at radius 3 is 2.02 bits per heavy atom. The summed E-state index contributed by atoms with van der Waals surface area (Å²) < 4.78 is 32.7. The highest BCUT2D eigenvalue weighted by Crippen LogP contribution is 2.43. The highest BCUT2D eigenvalue weighted by Gasteiger charge is 2.25. The van der Waals surface area contributed by atoms with Crippen molar-refractivity contribution in [3.8, 4) is 0 Å². The Balaban J connectivity index is 4.38. The number of phosphoric acid groups is 1. The van der Waals surface area contributed by atoms with E-state index in [1.165, 1.54) is 31.9 Å². The van der Waals surface area contributed by atoms with E-state index in [1.807, 2.05) is 36.5 Å². The van der Waals surface area contributed by atoms with Crippen LogP contribution in [-0.4, -0.2) is 43.3 Å². The Morgan fingerprint density at radius 2 is 1.36 bits per heavy atom. The van der Waals surface area contributed by atoms with Crippen molar-refractivity contribution >= 4 is 13.8 Å². The van der Waals surface area contributed by atoms with Gasteiger partial charge in [0.25, 0.3) is 0 Å². The summed E-state index contributed by atoms with van der Waals surface area (Å²) in [6, 6.07) is 0. The number of rotatable bonds is 29. The van der Waals surface area contributed by atoms with E-state index >= 15 is 0 Å². The SMILES string of the molecule is CC/C=C/C=C/C=C/C=C/C=C/OC[C@H](COP(=O)(O)OCCN)OC(=O)CCCCCCC/C=C/C/C=C/CCCCC. The van der Waals surface area contributed by atoms with Gasteiger partial charge in [-0.3, -0.25) is 13.8 Å². The second-order valence-electron chi connectivity index (χ2n) is 10.1. The zero-order valence-corrected chi connectivity index (χ0v) is 28.0. The number of unbranched alkanes of at least 4 members (excludes halogenated alkanes) is 8. The fourth-order valence-electron chi connectivity index (χ4n) is 3.69. The molecule has 250 valence electrons. The molecule has 0 aromatic carbocycles. The first-order chi connectivity index (χ1) is 21.4. The number of hydrogen-bond acceptors (Lipinski definition) is 7. The lowest BCUT2D eigenvalue weighted by atomic mass is 10.1. The van der Waals surface area contributed by atoms with Crippen LogP contribution < -0.4 is 5.73 Å². The molecule has 0 fully saturated rings. The molecule has 0 heterocycles. The average Bonchev–Trinajstić information content (AvgIpc) is 3.01. The van der Waals surface area contributed by atoms with Crippen LogP contribution in [0, 0.1) is 0 Å². The van der Waals surface area contributed by atoms with Crippen molar-refractivity contribution in [3.05, 3.63) is 85.3 Å². The van der Waals surface area contributed by atoms with E-state index in [0.29, 0.717) is 6.42 Å². The summed E-state index contributed by atoms with van der Waals surface area (Å²) in [6.07, 6.45) is 40.0. The Bertz CT molecular complexity index is 937. The predicted octanol–water partition coefficient (Wildman–Crippen LogP) is 8.97. The summed E-state index contributed by atoms with van der Waals surface area (Å²) in [4.78, 5) is 22.2. The summed E-state index contributed by atoms with van der Waals surface area (Å²) in [6.45, 7) is 3.85. The van der Waals surface area contributed by atoms with Gasteiger partial charge in [0.1, 0.15) is 6.61 Å². The lowest BCUT2D eigenvalue weighted by Gasteiger charge is -2.19. The van der Waals surface area contributed by atoms with Gasteiger partial charge in [-0.25, -0.2) is 4.57 Å². The minimum Gasteiger partial charge on any atom is -0.497 e. The molecular formula is C35H58NO7P. The topological polar surface area (TPSA) is 117 Å². The fourth-order valence-corrected chi connectivity index (χ4v) is 4.45. The lowest BCUT2D eigenvalue weighted by Crippen LogP contribution is -2.27. The Kier molecular flexibility index (Phi) is 30.1. The van der Waals surface area contributed by atoms with Gasteiger partial charge in [0.15, 0.2) is 6.10 Å². The Morgan fingerprint density at radius 1 is 0.750 bits per heavy atom. The number of allylic oxidation sites excluding steroid dienone is 13. The van der Waals surface area contributed by atoms with Crippen molar-refractivity contribution in [3.63, 3.8) is 0 Å². The first-order valence-corrected chi connectivity index (χ1v) is 17.7. The Labute approximate surface area is 267 Å². The molecule has 0 amide bonds. The number of nitrogens with two attached hydrogens (primary N) is 1. The van der Waals surface area contributed by atoms with Crippen molar-refractivity contribution in [1.82, 2.24) is 0 Å². The zero-order valence-electron chi connectivity index (χ0n) is 27.1. The lowest BCUT2D eigenvalue weighted by molar-refractivity contribution is -0.153. The van der Waals surface area contributed by atoms with Crippen LogP contribution in [0.3, 0.4) is 0 Å². The zero-order chi connectivity index (χ0) is 32.4. The van der Waals surface area contributed by atoms with E-state index in [9.17, 15) is 14.3 Å². The van der Waals surface area contributed by atoms with Crippen LogP contribution in [0.25, 0.3) is 0 Å². The number of carbonyl (C=O) groups is 1. The maximum atomic E-state index is 12.4. The van der Waals surface area contributed by atoms with Gasteiger partial charge in [0.2, 0.25) is 0 Å². The molecule has 0 rings (SSSR count). The molecule has 0 radical (unpaired) electrons. The number of esters is 1. The average molecular weight is 636 g/mol. The molecule has 8 nitrogen and oxygen atoms in total. The van der Waals surface area contributed by atoms with E-state index in [1.54, 1.807) is 12.2 Å². The van der Waals surface area contributed by atoms with Crippen LogP contribution in [0.4, 0.5) is 0 Å². The monoisotopic (exact) mass is 635 g/mol. The number of hydrogen-bond donors (Lipinski definition) is 2. The molecule has 0 saturated heterocycles. The van der Waals surface area contributed by atoms with Crippen LogP contribution in [0.5, 0.6) is 0 Å². The second-order valence-corrected chi connectivity index (χ2v) is 11.6. The minimum atomic E-state index is -4.31. The summed E-state index contributed by atoms with van der Waals surface area (Å²) in [5, 5.41) is 0.